The lowest BCUT2D eigenvalue weighted by Crippen LogP contribution is -2.43. The molecule has 2 N–H and O–H groups in total. The fraction of sp³-hybridized carbons (Fsp3) is 0.500. The monoisotopic (exact) mass is 276 g/mol. The van der Waals surface area contributed by atoms with Gasteiger partial charge in [0.15, 0.2) is 0 Å². The van der Waals surface area contributed by atoms with Gasteiger partial charge in [0.2, 0.25) is 11.8 Å². The second-order valence-electron chi connectivity index (χ2n) is 5.67. The fourth-order valence-corrected chi connectivity index (χ4v) is 2.00. The first-order valence-corrected chi connectivity index (χ1v) is 6.94. The van der Waals surface area contributed by atoms with Crippen LogP contribution in [0.5, 0.6) is 0 Å². The molecule has 2 amide bonds. The van der Waals surface area contributed by atoms with E-state index >= 15 is 0 Å². The highest BCUT2D eigenvalue weighted by molar-refractivity contribution is 5.97. The lowest BCUT2D eigenvalue weighted by molar-refractivity contribution is -0.125. The number of rotatable bonds is 5. The average molecular weight is 276 g/mol. The summed E-state index contributed by atoms with van der Waals surface area (Å²) in [5, 5.41) is 5.57. The average Bonchev–Trinajstić information content (AvgIpc) is 2.32. The molecular formula is C16H24N2O2. The molecule has 20 heavy (non-hydrogen) atoms. The van der Waals surface area contributed by atoms with E-state index in [0.29, 0.717) is 12.3 Å². The number of anilines is 1. The van der Waals surface area contributed by atoms with E-state index in [-0.39, 0.29) is 11.8 Å². The van der Waals surface area contributed by atoms with E-state index in [1.807, 2.05) is 45.9 Å². The molecular weight excluding hydrogens is 252 g/mol. The lowest BCUT2D eigenvalue weighted by atomic mass is 10.0. The second kappa shape index (κ2) is 7.08. The van der Waals surface area contributed by atoms with Crippen molar-refractivity contribution in [3.63, 3.8) is 0 Å². The minimum Gasteiger partial charge on any atom is -0.345 e. The zero-order chi connectivity index (χ0) is 15.3. The molecule has 0 radical (unpaired) electrons. The van der Waals surface area contributed by atoms with Crippen LogP contribution in [0.1, 0.15) is 38.3 Å². The Morgan fingerprint density at radius 2 is 1.80 bits per heavy atom. The van der Waals surface area contributed by atoms with Crippen molar-refractivity contribution in [2.24, 2.45) is 5.92 Å². The van der Waals surface area contributed by atoms with Crippen LogP contribution < -0.4 is 10.6 Å². The van der Waals surface area contributed by atoms with Crippen LogP contribution in [0.4, 0.5) is 5.69 Å². The van der Waals surface area contributed by atoms with Gasteiger partial charge in [-0.05, 0) is 49.4 Å². The van der Waals surface area contributed by atoms with Gasteiger partial charge in [0.05, 0.1) is 0 Å². The molecule has 0 aliphatic heterocycles. The zero-order valence-electron chi connectivity index (χ0n) is 12.9. The number of hydrogen-bond donors (Lipinski definition) is 2. The van der Waals surface area contributed by atoms with E-state index in [9.17, 15) is 9.59 Å². The van der Waals surface area contributed by atoms with Crippen LogP contribution in [-0.2, 0) is 9.59 Å². The normalized spacial score (nSPS) is 12.1. The highest BCUT2D eigenvalue weighted by Gasteiger charge is 2.20. The molecule has 0 unspecified atom stereocenters. The van der Waals surface area contributed by atoms with Gasteiger partial charge in [-0.2, -0.15) is 0 Å². The van der Waals surface area contributed by atoms with Gasteiger partial charge < -0.3 is 10.6 Å². The molecule has 0 saturated carbocycles. The number of carbonyl (C=O) groups is 2. The summed E-state index contributed by atoms with van der Waals surface area (Å²) in [5.74, 6) is -0.0274. The maximum absolute atomic E-state index is 12.3. The van der Waals surface area contributed by atoms with Gasteiger partial charge in [-0.15, -0.1) is 0 Å². The fourth-order valence-electron chi connectivity index (χ4n) is 2.00. The molecule has 0 spiro atoms. The van der Waals surface area contributed by atoms with E-state index in [1.54, 1.807) is 0 Å². The highest BCUT2D eigenvalue weighted by Crippen LogP contribution is 2.15. The maximum atomic E-state index is 12.3. The van der Waals surface area contributed by atoms with Crippen LogP contribution in [0.15, 0.2) is 18.2 Å². The van der Waals surface area contributed by atoms with Crippen LogP contribution in [-0.4, -0.2) is 17.9 Å². The third kappa shape index (κ3) is 5.03. The first-order chi connectivity index (χ1) is 9.29. The maximum Gasteiger partial charge on any atom is 0.246 e. The molecule has 0 aliphatic carbocycles. The van der Waals surface area contributed by atoms with Crippen LogP contribution >= 0.6 is 0 Å². The number of carbonyl (C=O) groups excluding carboxylic acids is 2. The van der Waals surface area contributed by atoms with Crippen molar-refractivity contribution in [3.8, 4) is 0 Å². The van der Waals surface area contributed by atoms with Crippen molar-refractivity contribution in [1.29, 1.82) is 0 Å². The van der Waals surface area contributed by atoms with Crippen LogP contribution in [0.3, 0.4) is 0 Å². The number of nitrogens with one attached hydrogen (secondary N) is 2. The Balaban J connectivity index is 2.78. The molecule has 1 aromatic carbocycles. The number of aryl methyl sites for hydroxylation is 2. The largest absolute Gasteiger partial charge is 0.345 e. The van der Waals surface area contributed by atoms with Gasteiger partial charge in [-0.3, -0.25) is 9.59 Å². The van der Waals surface area contributed by atoms with Crippen molar-refractivity contribution >= 4 is 17.5 Å². The summed E-state index contributed by atoms with van der Waals surface area (Å²) in [4.78, 5) is 23.5. The molecule has 1 rings (SSSR count). The molecule has 4 heteroatoms. The Hall–Kier alpha value is -1.84. The molecule has 0 bridgehead atoms. The highest BCUT2D eigenvalue weighted by atomic mass is 16.2. The third-order valence-electron chi connectivity index (χ3n) is 3.18. The molecule has 0 aromatic heterocycles. The predicted octanol–water partition coefficient (Wildman–Crippen LogP) is 2.79. The molecule has 0 aliphatic rings. The molecule has 0 heterocycles. The van der Waals surface area contributed by atoms with Crippen molar-refractivity contribution in [3.05, 3.63) is 29.3 Å². The SMILES string of the molecule is CC(=O)N[C@@H](CC(C)C)C(=O)Nc1ccc(C)c(C)c1. The summed E-state index contributed by atoms with van der Waals surface area (Å²) >= 11 is 0. The first kappa shape index (κ1) is 16.2. The Morgan fingerprint density at radius 3 is 2.30 bits per heavy atom. The molecule has 1 aromatic rings. The Kier molecular flexibility index (Phi) is 5.74. The van der Waals surface area contributed by atoms with E-state index in [0.717, 1.165) is 11.3 Å². The van der Waals surface area contributed by atoms with E-state index in [4.69, 9.17) is 0 Å². The smallest absolute Gasteiger partial charge is 0.246 e. The Labute approximate surface area is 121 Å². The van der Waals surface area contributed by atoms with Crippen LogP contribution in [0.25, 0.3) is 0 Å². The zero-order valence-corrected chi connectivity index (χ0v) is 12.9. The third-order valence-corrected chi connectivity index (χ3v) is 3.18. The number of hydrogen-bond acceptors (Lipinski definition) is 2. The molecule has 4 nitrogen and oxygen atoms in total. The van der Waals surface area contributed by atoms with Crippen LogP contribution in [0.2, 0.25) is 0 Å². The summed E-state index contributed by atoms with van der Waals surface area (Å²) in [6.07, 6.45) is 0.621. The number of benzene rings is 1. The minimum atomic E-state index is -0.492. The molecule has 0 fully saturated rings. The van der Waals surface area contributed by atoms with E-state index in [1.165, 1.54) is 12.5 Å². The quantitative estimate of drug-likeness (QED) is 0.868. The van der Waals surface area contributed by atoms with Gasteiger partial charge in [0.1, 0.15) is 6.04 Å². The van der Waals surface area contributed by atoms with Crippen LogP contribution in [0, 0.1) is 19.8 Å². The molecule has 1 atom stereocenters. The summed E-state index contributed by atoms with van der Waals surface area (Å²) in [6, 6.07) is 5.29. The van der Waals surface area contributed by atoms with Crippen molar-refractivity contribution < 1.29 is 9.59 Å². The van der Waals surface area contributed by atoms with Gasteiger partial charge >= 0.3 is 0 Å². The first-order valence-electron chi connectivity index (χ1n) is 6.94. The molecule has 110 valence electrons. The summed E-state index contributed by atoms with van der Waals surface area (Å²) in [5.41, 5.74) is 3.07. The summed E-state index contributed by atoms with van der Waals surface area (Å²) in [7, 11) is 0. The van der Waals surface area contributed by atoms with E-state index in [2.05, 4.69) is 10.6 Å². The Morgan fingerprint density at radius 1 is 1.15 bits per heavy atom. The van der Waals surface area contributed by atoms with E-state index < -0.39 is 6.04 Å². The summed E-state index contributed by atoms with van der Waals surface area (Å²) in [6.45, 7) is 9.51. The Bertz CT molecular complexity index is 495. The van der Waals surface area contributed by atoms with Gasteiger partial charge in [-0.25, -0.2) is 0 Å². The minimum absolute atomic E-state index is 0.169. The van der Waals surface area contributed by atoms with Crippen molar-refractivity contribution in [1.82, 2.24) is 5.32 Å². The van der Waals surface area contributed by atoms with Crippen molar-refractivity contribution in [2.75, 3.05) is 5.32 Å². The lowest BCUT2D eigenvalue weighted by Gasteiger charge is -2.19. The second-order valence-corrected chi connectivity index (χ2v) is 5.67. The topological polar surface area (TPSA) is 58.2 Å². The summed E-state index contributed by atoms with van der Waals surface area (Å²) < 4.78 is 0. The van der Waals surface area contributed by atoms with Crippen molar-refractivity contribution in [2.45, 2.75) is 47.1 Å². The van der Waals surface area contributed by atoms with Gasteiger partial charge in [0, 0.05) is 12.6 Å². The van der Waals surface area contributed by atoms with Gasteiger partial charge in [0.25, 0.3) is 0 Å². The van der Waals surface area contributed by atoms with Gasteiger partial charge in [-0.1, -0.05) is 19.9 Å². The molecule has 0 saturated heterocycles. The predicted molar refractivity (Wildman–Crippen MR) is 81.6 cm³/mol. The number of amides is 2. The standard InChI is InChI=1S/C16H24N2O2/c1-10(2)8-15(17-13(5)19)16(20)18-14-7-6-11(3)12(4)9-14/h6-7,9-10,15H,8H2,1-5H3,(H,17,19)(H,18,20)/t15-/m0/s1.